The van der Waals surface area contributed by atoms with E-state index in [0.717, 1.165) is 23.8 Å². The van der Waals surface area contributed by atoms with E-state index in [9.17, 15) is 36.3 Å². The van der Waals surface area contributed by atoms with E-state index in [1.54, 1.807) is 12.1 Å². The summed E-state index contributed by atoms with van der Waals surface area (Å²) in [5.41, 5.74) is 1.10. The van der Waals surface area contributed by atoms with Crippen molar-refractivity contribution in [3.8, 4) is 0 Å². The van der Waals surface area contributed by atoms with Gasteiger partial charge in [-0.15, -0.1) is 0 Å². The van der Waals surface area contributed by atoms with Gasteiger partial charge in [-0.2, -0.15) is 13.2 Å². The van der Waals surface area contributed by atoms with E-state index in [1.165, 1.54) is 18.9 Å². The molecule has 2 aromatic rings. The molecule has 1 unspecified atom stereocenters. The molecule has 0 bridgehead atoms. The second-order valence-electron chi connectivity index (χ2n) is 8.54. The van der Waals surface area contributed by atoms with Gasteiger partial charge in [-0.1, -0.05) is 18.2 Å². The topological polar surface area (TPSA) is 75.7 Å². The van der Waals surface area contributed by atoms with Crippen LogP contribution in [0.1, 0.15) is 46.5 Å². The molecule has 1 aliphatic rings. The van der Waals surface area contributed by atoms with Gasteiger partial charge in [0.1, 0.15) is 12.0 Å². The zero-order valence-electron chi connectivity index (χ0n) is 20.1. The maximum atomic E-state index is 14.4. The van der Waals surface area contributed by atoms with Crippen LogP contribution in [0.3, 0.4) is 0 Å². The summed E-state index contributed by atoms with van der Waals surface area (Å²) in [6.45, 7) is 1.42. The molecule has 37 heavy (non-hydrogen) atoms. The van der Waals surface area contributed by atoms with Crippen LogP contribution < -0.4 is 5.32 Å². The Kier molecular flexibility index (Phi) is 8.67. The van der Waals surface area contributed by atoms with Gasteiger partial charge in [-0.05, 0) is 53.8 Å². The molecule has 0 spiro atoms. The monoisotopic (exact) mass is 524 g/mol. The van der Waals surface area contributed by atoms with Crippen LogP contribution in [0.25, 0.3) is 6.08 Å². The summed E-state index contributed by atoms with van der Waals surface area (Å²) in [5.74, 6) is -2.76. The number of carbonyl (C=O) groups excluding carboxylic acids is 3. The second kappa shape index (κ2) is 11.5. The van der Waals surface area contributed by atoms with E-state index in [0.29, 0.717) is 41.8 Å². The minimum atomic E-state index is -4.69. The molecule has 2 amide bonds. The molecular formula is C26H25F5N2O4. The number of hydrogen-bond acceptors (Lipinski definition) is 4. The van der Waals surface area contributed by atoms with Crippen LogP contribution in [0.2, 0.25) is 0 Å². The number of ether oxygens (including phenoxy) is 1. The normalized spacial score (nSPS) is 14.3. The number of fused-ring (bicyclic) bond motifs is 1. The van der Waals surface area contributed by atoms with E-state index in [1.807, 2.05) is 0 Å². The number of alkyl halides is 4. The van der Waals surface area contributed by atoms with E-state index in [4.69, 9.17) is 0 Å². The molecule has 1 aliphatic heterocycles. The number of esters is 1. The van der Waals surface area contributed by atoms with Gasteiger partial charge >= 0.3 is 12.1 Å². The highest BCUT2D eigenvalue weighted by molar-refractivity contribution is 5.94. The third-order valence-corrected chi connectivity index (χ3v) is 5.95. The molecule has 0 fully saturated rings. The van der Waals surface area contributed by atoms with Crippen LogP contribution in [0.5, 0.6) is 0 Å². The Morgan fingerprint density at radius 2 is 1.92 bits per heavy atom. The second-order valence-corrected chi connectivity index (χ2v) is 8.54. The average molecular weight is 524 g/mol. The lowest BCUT2D eigenvalue weighted by atomic mass is 9.90. The highest BCUT2D eigenvalue weighted by atomic mass is 19.4. The molecule has 0 aliphatic carbocycles. The fraction of sp³-hybridized carbons (Fsp3) is 0.346. The minimum Gasteiger partial charge on any atom is -0.469 e. The van der Waals surface area contributed by atoms with Gasteiger partial charge in [0, 0.05) is 24.7 Å². The molecule has 0 radical (unpaired) electrons. The molecule has 1 N–H and O–H groups in total. The fourth-order valence-electron chi connectivity index (χ4n) is 4.01. The van der Waals surface area contributed by atoms with E-state index in [-0.39, 0.29) is 25.1 Å². The predicted molar refractivity (Wildman–Crippen MR) is 124 cm³/mol. The van der Waals surface area contributed by atoms with E-state index in [2.05, 4.69) is 10.1 Å². The SMILES string of the molecule is COC(=O)Cc1cc2c(c(C(C)F)c1)CN(C(=O)CNC(=O)/C=C/c1ccc(C(F)(F)F)cc1F)CC2. The summed E-state index contributed by atoms with van der Waals surface area (Å²) < 4.78 is 70.9. The largest absolute Gasteiger partial charge is 0.469 e. The van der Waals surface area contributed by atoms with Crippen LogP contribution in [0.15, 0.2) is 36.4 Å². The van der Waals surface area contributed by atoms with Crippen LogP contribution in [-0.4, -0.2) is 42.9 Å². The van der Waals surface area contributed by atoms with Gasteiger partial charge in [0.15, 0.2) is 0 Å². The maximum Gasteiger partial charge on any atom is 0.416 e. The molecule has 3 rings (SSSR count). The Hall–Kier alpha value is -3.76. The van der Waals surface area contributed by atoms with Crippen molar-refractivity contribution in [2.45, 2.75) is 38.7 Å². The third-order valence-electron chi connectivity index (χ3n) is 5.95. The number of benzene rings is 2. The van der Waals surface area contributed by atoms with Crippen molar-refractivity contribution in [2.75, 3.05) is 20.2 Å². The van der Waals surface area contributed by atoms with Crippen molar-refractivity contribution in [1.29, 1.82) is 0 Å². The average Bonchev–Trinajstić information content (AvgIpc) is 2.84. The van der Waals surface area contributed by atoms with Crippen molar-refractivity contribution >= 4 is 23.9 Å². The number of methoxy groups -OCH3 is 1. The Labute approximate surface area is 210 Å². The maximum absolute atomic E-state index is 14.4. The zero-order valence-corrected chi connectivity index (χ0v) is 20.1. The number of rotatable bonds is 7. The number of nitrogens with one attached hydrogen (secondary N) is 1. The van der Waals surface area contributed by atoms with Gasteiger partial charge in [0.05, 0.1) is 25.6 Å². The van der Waals surface area contributed by atoms with Gasteiger partial charge in [0.25, 0.3) is 0 Å². The first-order chi connectivity index (χ1) is 17.4. The molecule has 6 nitrogen and oxygen atoms in total. The molecule has 2 aromatic carbocycles. The lowest BCUT2D eigenvalue weighted by Gasteiger charge is -2.31. The van der Waals surface area contributed by atoms with E-state index >= 15 is 0 Å². The van der Waals surface area contributed by atoms with Crippen LogP contribution in [0, 0.1) is 5.82 Å². The molecule has 0 aromatic heterocycles. The summed E-state index contributed by atoms with van der Waals surface area (Å²) in [6.07, 6.45) is -3.68. The first-order valence-electron chi connectivity index (χ1n) is 11.3. The van der Waals surface area contributed by atoms with E-state index < -0.39 is 41.5 Å². The summed E-state index contributed by atoms with van der Waals surface area (Å²) in [5, 5.41) is 2.36. The van der Waals surface area contributed by atoms with Crippen molar-refractivity contribution < 1.29 is 41.1 Å². The van der Waals surface area contributed by atoms with Gasteiger partial charge < -0.3 is 15.0 Å². The van der Waals surface area contributed by atoms with Crippen LogP contribution in [-0.2, 0) is 44.7 Å². The lowest BCUT2D eigenvalue weighted by Crippen LogP contribution is -2.42. The highest BCUT2D eigenvalue weighted by Gasteiger charge is 2.31. The molecule has 11 heteroatoms. The Morgan fingerprint density at radius 3 is 2.54 bits per heavy atom. The standard InChI is InChI=1S/C26H25F5N2O4/c1-15(27)20-10-16(11-25(36)37-2)9-18-7-8-33(14-21(18)20)24(35)13-32-23(34)6-4-17-3-5-19(12-22(17)28)26(29,30)31/h3-6,9-10,12,15H,7-8,11,13-14H2,1-2H3,(H,32,34)/b6-4+. The number of nitrogens with zero attached hydrogens (tertiary/aromatic N) is 1. The molecular weight excluding hydrogens is 499 g/mol. The molecule has 1 atom stereocenters. The third kappa shape index (κ3) is 7.14. The van der Waals surface area contributed by atoms with Crippen molar-refractivity contribution in [1.82, 2.24) is 10.2 Å². The Bertz CT molecular complexity index is 1220. The Morgan fingerprint density at radius 1 is 1.19 bits per heavy atom. The number of carbonyl (C=O) groups is 3. The lowest BCUT2D eigenvalue weighted by molar-refractivity contribution is -0.140. The predicted octanol–water partition coefficient (Wildman–Crippen LogP) is 4.30. The zero-order chi connectivity index (χ0) is 27.3. The first kappa shape index (κ1) is 27.8. The summed E-state index contributed by atoms with van der Waals surface area (Å²) >= 11 is 0. The number of halogens is 5. The molecule has 198 valence electrons. The molecule has 0 saturated heterocycles. The summed E-state index contributed by atoms with van der Waals surface area (Å²) in [6, 6.07) is 5.32. The van der Waals surface area contributed by atoms with Crippen molar-refractivity contribution in [3.63, 3.8) is 0 Å². The van der Waals surface area contributed by atoms with Gasteiger partial charge in [-0.25, -0.2) is 8.78 Å². The van der Waals surface area contributed by atoms with Gasteiger partial charge in [-0.3, -0.25) is 14.4 Å². The minimum absolute atomic E-state index is 0.00205. The summed E-state index contributed by atoms with van der Waals surface area (Å²) in [7, 11) is 1.27. The quantitative estimate of drug-likeness (QED) is 0.333. The Balaban J connectivity index is 1.62. The van der Waals surface area contributed by atoms with Crippen molar-refractivity contribution in [3.05, 3.63) is 75.6 Å². The molecule has 0 saturated carbocycles. The highest BCUT2D eigenvalue weighted by Crippen LogP contribution is 2.31. The van der Waals surface area contributed by atoms with Crippen LogP contribution in [0.4, 0.5) is 22.0 Å². The number of hydrogen-bond donors (Lipinski definition) is 1. The molecule has 1 heterocycles. The fourth-order valence-corrected chi connectivity index (χ4v) is 4.01. The van der Waals surface area contributed by atoms with Crippen LogP contribution >= 0.6 is 0 Å². The smallest absolute Gasteiger partial charge is 0.416 e. The van der Waals surface area contributed by atoms with Gasteiger partial charge in [0.2, 0.25) is 11.8 Å². The van der Waals surface area contributed by atoms with Crippen molar-refractivity contribution in [2.24, 2.45) is 0 Å². The summed E-state index contributed by atoms with van der Waals surface area (Å²) in [4.78, 5) is 37.8. The first-order valence-corrected chi connectivity index (χ1v) is 11.3. The number of amides is 2.